The first-order valence-corrected chi connectivity index (χ1v) is 8.46. The zero-order valence-electron chi connectivity index (χ0n) is 12.8. The summed E-state index contributed by atoms with van der Waals surface area (Å²) < 4.78 is 5.32. The van der Waals surface area contributed by atoms with Crippen LogP contribution in [-0.2, 0) is 6.54 Å². The highest BCUT2D eigenvalue weighted by Crippen LogP contribution is 2.27. The summed E-state index contributed by atoms with van der Waals surface area (Å²) in [6.45, 7) is 5.51. The summed E-state index contributed by atoms with van der Waals surface area (Å²) in [6.07, 6.45) is 4.04. The van der Waals surface area contributed by atoms with Crippen molar-refractivity contribution < 1.29 is 4.74 Å². The Bertz CT molecular complexity index is 603. The number of piperidine rings is 1. The highest BCUT2D eigenvalue weighted by molar-refractivity contribution is 7.09. The Morgan fingerprint density at radius 1 is 1.24 bits per heavy atom. The van der Waals surface area contributed by atoms with Gasteiger partial charge in [0.25, 0.3) is 0 Å². The van der Waals surface area contributed by atoms with Crippen molar-refractivity contribution in [1.82, 2.24) is 9.88 Å². The van der Waals surface area contributed by atoms with Gasteiger partial charge in [0.15, 0.2) is 0 Å². The number of aryl methyl sites for hydroxylation is 1. The van der Waals surface area contributed by atoms with Gasteiger partial charge in [0.1, 0.15) is 10.8 Å². The first kappa shape index (κ1) is 14.5. The second kappa shape index (κ2) is 6.58. The molecule has 112 valence electrons. The molecule has 0 saturated carbocycles. The fourth-order valence-corrected chi connectivity index (χ4v) is 3.71. The molecule has 1 saturated heterocycles. The van der Waals surface area contributed by atoms with Gasteiger partial charge in [-0.05, 0) is 56.6 Å². The van der Waals surface area contributed by atoms with E-state index in [4.69, 9.17) is 9.72 Å². The molecule has 1 aromatic carbocycles. The predicted octanol–water partition coefficient (Wildman–Crippen LogP) is 4.11. The van der Waals surface area contributed by atoms with Crippen molar-refractivity contribution in [3.8, 4) is 17.0 Å². The van der Waals surface area contributed by atoms with Crippen LogP contribution >= 0.6 is 11.3 Å². The summed E-state index contributed by atoms with van der Waals surface area (Å²) >= 11 is 1.77. The average Bonchev–Trinajstić information content (AvgIpc) is 2.97. The van der Waals surface area contributed by atoms with Crippen molar-refractivity contribution >= 4 is 11.3 Å². The van der Waals surface area contributed by atoms with Crippen LogP contribution in [0.3, 0.4) is 0 Å². The summed E-state index contributed by atoms with van der Waals surface area (Å²) in [5.41, 5.74) is 3.41. The Morgan fingerprint density at radius 2 is 2.05 bits per heavy atom. The molecule has 0 spiro atoms. The molecule has 2 aromatic rings. The summed E-state index contributed by atoms with van der Waals surface area (Å²) in [7, 11) is 1.71. The fourth-order valence-electron chi connectivity index (χ4n) is 2.86. The van der Waals surface area contributed by atoms with Crippen LogP contribution in [0.1, 0.15) is 29.8 Å². The SMILES string of the molecule is COc1ccc(-c2csc(CN3CCCCC3)n2)cc1C. The molecule has 3 nitrogen and oxygen atoms in total. The third-order valence-corrected chi connectivity index (χ3v) is 4.88. The van der Waals surface area contributed by atoms with E-state index in [1.165, 1.54) is 42.9 Å². The maximum Gasteiger partial charge on any atom is 0.121 e. The lowest BCUT2D eigenvalue weighted by Gasteiger charge is -2.25. The highest BCUT2D eigenvalue weighted by atomic mass is 32.1. The minimum Gasteiger partial charge on any atom is -0.496 e. The number of nitrogens with zero attached hydrogens (tertiary/aromatic N) is 2. The highest BCUT2D eigenvalue weighted by Gasteiger charge is 2.13. The number of hydrogen-bond donors (Lipinski definition) is 0. The number of aromatic nitrogens is 1. The Hall–Kier alpha value is -1.39. The van der Waals surface area contributed by atoms with Gasteiger partial charge in [-0.1, -0.05) is 6.42 Å². The second-order valence-corrected chi connectivity index (χ2v) is 6.59. The van der Waals surface area contributed by atoms with Crippen LogP contribution in [0.25, 0.3) is 11.3 Å². The topological polar surface area (TPSA) is 25.4 Å². The summed E-state index contributed by atoms with van der Waals surface area (Å²) in [5.74, 6) is 0.933. The Morgan fingerprint density at radius 3 is 2.76 bits per heavy atom. The van der Waals surface area contributed by atoms with Gasteiger partial charge < -0.3 is 4.74 Å². The molecule has 1 aliphatic heterocycles. The van der Waals surface area contributed by atoms with Gasteiger partial charge >= 0.3 is 0 Å². The van der Waals surface area contributed by atoms with Crippen LogP contribution in [0.4, 0.5) is 0 Å². The van der Waals surface area contributed by atoms with Crippen LogP contribution in [0.5, 0.6) is 5.75 Å². The average molecular weight is 302 g/mol. The van der Waals surface area contributed by atoms with Gasteiger partial charge in [0.2, 0.25) is 0 Å². The minimum absolute atomic E-state index is 0.933. The molecule has 0 N–H and O–H groups in total. The molecule has 0 amide bonds. The monoisotopic (exact) mass is 302 g/mol. The third-order valence-electron chi connectivity index (χ3n) is 4.05. The van der Waals surface area contributed by atoms with E-state index in [0.29, 0.717) is 0 Å². The van der Waals surface area contributed by atoms with Crippen LogP contribution in [-0.4, -0.2) is 30.1 Å². The first-order valence-electron chi connectivity index (χ1n) is 7.58. The first-order chi connectivity index (χ1) is 10.3. The van der Waals surface area contributed by atoms with E-state index in [0.717, 1.165) is 23.6 Å². The van der Waals surface area contributed by atoms with Crippen LogP contribution in [0, 0.1) is 6.92 Å². The van der Waals surface area contributed by atoms with Gasteiger partial charge in [-0.15, -0.1) is 11.3 Å². The third kappa shape index (κ3) is 3.44. The van der Waals surface area contributed by atoms with Crippen molar-refractivity contribution in [2.24, 2.45) is 0 Å². The fraction of sp³-hybridized carbons (Fsp3) is 0.471. The molecule has 0 atom stereocenters. The largest absolute Gasteiger partial charge is 0.496 e. The number of ether oxygens (including phenoxy) is 1. The van der Waals surface area contributed by atoms with Crippen molar-refractivity contribution in [3.05, 3.63) is 34.2 Å². The number of rotatable bonds is 4. The summed E-state index contributed by atoms with van der Waals surface area (Å²) in [6, 6.07) is 6.26. The van der Waals surface area contributed by atoms with E-state index in [1.807, 2.05) is 6.07 Å². The normalized spacial score (nSPS) is 16.1. The molecule has 0 radical (unpaired) electrons. The molecule has 2 heterocycles. The zero-order valence-corrected chi connectivity index (χ0v) is 13.6. The molecule has 4 heteroatoms. The van der Waals surface area contributed by atoms with E-state index >= 15 is 0 Å². The maximum atomic E-state index is 5.32. The molecule has 0 aliphatic carbocycles. The van der Waals surface area contributed by atoms with Crippen LogP contribution in [0.2, 0.25) is 0 Å². The zero-order chi connectivity index (χ0) is 14.7. The molecule has 0 unspecified atom stereocenters. The molecule has 1 aromatic heterocycles. The van der Waals surface area contributed by atoms with Gasteiger partial charge in [-0.3, -0.25) is 4.90 Å². The van der Waals surface area contributed by atoms with Crippen molar-refractivity contribution in [2.45, 2.75) is 32.7 Å². The lowest BCUT2D eigenvalue weighted by Crippen LogP contribution is -2.28. The molecule has 21 heavy (non-hydrogen) atoms. The van der Waals surface area contributed by atoms with Crippen LogP contribution in [0.15, 0.2) is 23.6 Å². The van der Waals surface area contributed by atoms with E-state index in [2.05, 4.69) is 29.3 Å². The lowest BCUT2D eigenvalue weighted by atomic mass is 10.1. The van der Waals surface area contributed by atoms with E-state index in [9.17, 15) is 0 Å². The Kier molecular flexibility index (Phi) is 4.56. The molecule has 3 rings (SSSR count). The molecular weight excluding hydrogens is 280 g/mol. The molecule has 1 aliphatic rings. The molecule has 0 bridgehead atoms. The van der Waals surface area contributed by atoms with E-state index in [-0.39, 0.29) is 0 Å². The minimum atomic E-state index is 0.933. The predicted molar refractivity (Wildman–Crippen MR) is 88.0 cm³/mol. The quantitative estimate of drug-likeness (QED) is 0.849. The summed E-state index contributed by atoms with van der Waals surface area (Å²) in [4.78, 5) is 7.33. The number of thiazole rings is 1. The Labute approximate surface area is 130 Å². The summed E-state index contributed by atoms with van der Waals surface area (Å²) in [5, 5.41) is 3.39. The maximum absolute atomic E-state index is 5.32. The van der Waals surface area contributed by atoms with Crippen LogP contribution < -0.4 is 4.74 Å². The standard InChI is InChI=1S/C17H22N2OS/c1-13-10-14(6-7-16(13)20-2)15-12-21-17(18-15)11-19-8-4-3-5-9-19/h6-7,10,12H,3-5,8-9,11H2,1-2H3. The van der Waals surface area contributed by atoms with Gasteiger partial charge in [-0.2, -0.15) is 0 Å². The van der Waals surface area contributed by atoms with Gasteiger partial charge in [0, 0.05) is 10.9 Å². The Balaban J connectivity index is 1.73. The van der Waals surface area contributed by atoms with E-state index in [1.54, 1.807) is 18.4 Å². The van der Waals surface area contributed by atoms with E-state index < -0.39 is 0 Å². The van der Waals surface area contributed by atoms with Crippen molar-refractivity contribution in [2.75, 3.05) is 20.2 Å². The number of hydrogen-bond acceptors (Lipinski definition) is 4. The smallest absolute Gasteiger partial charge is 0.121 e. The second-order valence-electron chi connectivity index (χ2n) is 5.65. The number of methoxy groups -OCH3 is 1. The van der Waals surface area contributed by atoms with Gasteiger partial charge in [0.05, 0.1) is 19.3 Å². The number of likely N-dealkylation sites (tertiary alicyclic amines) is 1. The molecule has 1 fully saturated rings. The van der Waals surface area contributed by atoms with Crippen molar-refractivity contribution in [3.63, 3.8) is 0 Å². The van der Waals surface area contributed by atoms with Crippen molar-refractivity contribution in [1.29, 1.82) is 0 Å². The lowest BCUT2D eigenvalue weighted by molar-refractivity contribution is 0.220. The van der Waals surface area contributed by atoms with Gasteiger partial charge in [-0.25, -0.2) is 4.98 Å². The number of benzene rings is 1. The molecular formula is C17H22N2OS.